The van der Waals surface area contributed by atoms with E-state index in [9.17, 15) is 14.7 Å². The SMILES string of the molecule is CCCCCCOc1ccc2oc(=O)c(C(=O)OC)c(O)c2c1. The number of unbranched alkanes of at least 4 members (excludes halogenated alkanes) is 3. The van der Waals surface area contributed by atoms with Crippen LogP contribution in [0, 0.1) is 0 Å². The molecule has 0 unspecified atom stereocenters. The summed E-state index contributed by atoms with van der Waals surface area (Å²) in [6, 6.07) is 4.72. The molecule has 2 rings (SSSR count). The zero-order valence-electron chi connectivity index (χ0n) is 13.3. The lowest BCUT2D eigenvalue weighted by Gasteiger charge is -2.08. The van der Waals surface area contributed by atoms with Crippen LogP contribution in [0.4, 0.5) is 0 Å². The second-order valence-electron chi connectivity index (χ2n) is 5.17. The summed E-state index contributed by atoms with van der Waals surface area (Å²) in [5.74, 6) is -0.863. The minimum absolute atomic E-state index is 0.179. The Bertz CT molecular complexity index is 747. The molecule has 124 valence electrons. The van der Waals surface area contributed by atoms with Gasteiger partial charge < -0.3 is 19.0 Å². The van der Waals surface area contributed by atoms with Crippen LogP contribution in [0.3, 0.4) is 0 Å². The predicted molar refractivity (Wildman–Crippen MR) is 85.1 cm³/mol. The standard InChI is InChI=1S/C17H20O6/c1-3-4-5-6-9-22-11-7-8-13-12(10-11)15(18)14(16(19)21-2)17(20)23-13/h7-8,10,18H,3-6,9H2,1-2H3. The van der Waals surface area contributed by atoms with Crippen LogP contribution in [0.5, 0.6) is 11.5 Å². The Kier molecular flexibility index (Phi) is 5.62. The van der Waals surface area contributed by atoms with Crippen LogP contribution in [-0.4, -0.2) is 24.8 Å². The Balaban J connectivity index is 2.27. The maximum Gasteiger partial charge on any atom is 0.354 e. The number of benzene rings is 1. The van der Waals surface area contributed by atoms with E-state index in [1.807, 2.05) is 0 Å². The van der Waals surface area contributed by atoms with E-state index in [-0.39, 0.29) is 11.0 Å². The molecular weight excluding hydrogens is 300 g/mol. The molecule has 6 heteroatoms. The minimum atomic E-state index is -0.941. The first-order chi connectivity index (χ1) is 11.1. The first-order valence-electron chi connectivity index (χ1n) is 7.59. The summed E-state index contributed by atoms with van der Waals surface area (Å²) in [7, 11) is 1.13. The van der Waals surface area contributed by atoms with E-state index in [1.165, 1.54) is 6.07 Å². The van der Waals surface area contributed by atoms with Crippen molar-refractivity contribution in [3.8, 4) is 11.5 Å². The molecule has 0 radical (unpaired) electrons. The molecule has 0 amide bonds. The molecule has 0 aliphatic carbocycles. The average Bonchev–Trinajstić information content (AvgIpc) is 2.55. The van der Waals surface area contributed by atoms with Gasteiger partial charge in [0.1, 0.15) is 17.1 Å². The van der Waals surface area contributed by atoms with Gasteiger partial charge in [-0.05, 0) is 24.6 Å². The largest absolute Gasteiger partial charge is 0.506 e. The highest BCUT2D eigenvalue weighted by Crippen LogP contribution is 2.30. The molecule has 1 aromatic carbocycles. The monoisotopic (exact) mass is 320 g/mol. The second-order valence-corrected chi connectivity index (χ2v) is 5.17. The lowest BCUT2D eigenvalue weighted by atomic mass is 10.1. The highest BCUT2D eigenvalue weighted by Gasteiger charge is 2.21. The van der Waals surface area contributed by atoms with Crippen LogP contribution in [-0.2, 0) is 4.74 Å². The van der Waals surface area contributed by atoms with E-state index < -0.39 is 22.9 Å². The van der Waals surface area contributed by atoms with E-state index in [4.69, 9.17) is 9.15 Å². The molecule has 0 spiro atoms. The molecule has 1 N–H and O–H groups in total. The highest BCUT2D eigenvalue weighted by atomic mass is 16.5. The normalized spacial score (nSPS) is 10.7. The lowest BCUT2D eigenvalue weighted by Crippen LogP contribution is -2.15. The molecule has 6 nitrogen and oxygen atoms in total. The third kappa shape index (κ3) is 3.83. The number of rotatable bonds is 7. The van der Waals surface area contributed by atoms with E-state index in [1.54, 1.807) is 12.1 Å². The van der Waals surface area contributed by atoms with Crippen molar-refractivity contribution in [2.24, 2.45) is 0 Å². The second kappa shape index (κ2) is 7.67. The lowest BCUT2D eigenvalue weighted by molar-refractivity contribution is 0.0592. The fourth-order valence-corrected chi connectivity index (χ4v) is 2.26. The van der Waals surface area contributed by atoms with E-state index >= 15 is 0 Å². The van der Waals surface area contributed by atoms with Crippen LogP contribution in [0.15, 0.2) is 27.4 Å². The van der Waals surface area contributed by atoms with Crippen LogP contribution >= 0.6 is 0 Å². The van der Waals surface area contributed by atoms with Gasteiger partial charge in [-0.2, -0.15) is 0 Å². The fourth-order valence-electron chi connectivity index (χ4n) is 2.26. The number of esters is 1. The van der Waals surface area contributed by atoms with Crippen molar-refractivity contribution in [1.82, 2.24) is 0 Å². The van der Waals surface area contributed by atoms with Gasteiger partial charge in [-0.25, -0.2) is 9.59 Å². The van der Waals surface area contributed by atoms with E-state index in [2.05, 4.69) is 11.7 Å². The summed E-state index contributed by atoms with van der Waals surface area (Å²) < 4.78 is 15.2. The number of ether oxygens (including phenoxy) is 2. The molecule has 0 fully saturated rings. The highest BCUT2D eigenvalue weighted by molar-refractivity contribution is 5.98. The Morgan fingerprint density at radius 2 is 2.04 bits per heavy atom. The minimum Gasteiger partial charge on any atom is -0.506 e. The van der Waals surface area contributed by atoms with Gasteiger partial charge in [-0.1, -0.05) is 26.2 Å². The van der Waals surface area contributed by atoms with Gasteiger partial charge >= 0.3 is 11.6 Å². The number of carbonyl (C=O) groups is 1. The van der Waals surface area contributed by atoms with Crippen molar-refractivity contribution in [2.45, 2.75) is 32.6 Å². The smallest absolute Gasteiger partial charge is 0.354 e. The summed E-state index contributed by atoms with van der Waals surface area (Å²) >= 11 is 0. The van der Waals surface area contributed by atoms with Crippen LogP contribution in [0.25, 0.3) is 11.0 Å². The van der Waals surface area contributed by atoms with Gasteiger partial charge in [0.25, 0.3) is 0 Å². The molecular formula is C17H20O6. The molecule has 0 saturated heterocycles. The summed E-state index contributed by atoms with van der Waals surface area (Å²) in [5, 5.41) is 10.4. The first kappa shape index (κ1) is 16.9. The Morgan fingerprint density at radius 3 is 2.74 bits per heavy atom. The maximum atomic E-state index is 11.8. The van der Waals surface area contributed by atoms with E-state index in [0.29, 0.717) is 12.4 Å². The third-order valence-corrected chi connectivity index (χ3v) is 3.51. The quantitative estimate of drug-likeness (QED) is 0.479. The summed E-state index contributed by atoms with van der Waals surface area (Å²) in [5.41, 5.74) is -1.27. The van der Waals surface area contributed by atoms with Crippen molar-refractivity contribution in [1.29, 1.82) is 0 Å². The number of hydrogen-bond acceptors (Lipinski definition) is 6. The summed E-state index contributed by atoms with van der Waals surface area (Å²) in [6.45, 7) is 2.70. The van der Waals surface area contributed by atoms with Gasteiger partial charge in [0.05, 0.1) is 19.1 Å². The maximum absolute atomic E-state index is 11.8. The topological polar surface area (TPSA) is 86.0 Å². The third-order valence-electron chi connectivity index (χ3n) is 3.51. The molecule has 0 bridgehead atoms. The first-order valence-corrected chi connectivity index (χ1v) is 7.59. The van der Waals surface area contributed by atoms with Gasteiger partial charge in [0, 0.05) is 0 Å². The van der Waals surface area contributed by atoms with E-state index in [0.717, 1.165) is 32.8 Å². The number of hydrogen-bond donors (Lipinski definition) is 1. The fraction of sp³-hybridized carbons (Fsp3) is 0.412. The van der Waals surface area contributed by atoms with Crippen molar-refractivity contribution in [3.63, 3.8) is 0 Å². The molecule has 0 atom stereocenters. The van der Waals surface area contributed by atoms with Gasteiger partial charge in [-0.3, -0.25) is 0 Å². The zero-order valence-corrected chi connectivity index (χ0v) is 13.3. The number of carbonyl (C=O) groups excluding carboxylic acids is 1. The summed E-state index contributed by atoms with van der Waals surface area (Å²) in [4.78, 5) is 23.3. The van der Waals surface area contributed by atoms with Gasteiger partial charge in [0.2, 0.25) is 0 Å². The van der Waals surface area contributed by atoms with Crippen LogP contribution in [0.2, 0.25) is 0 Å². The average molecular weight is 320 g/mol. The molecule has 0 saturated carbocycles. The van der Waals surface area contributed by atoms with Gasteiger partial charge in [0.15, 0.2) is 5.56 Å². The summed E-state index contributed by atoms with van der Waals surface area (Å²) in [6.07, 6.45) is 4.35. The van der Waals surface area contributed by atoms with Crippen molar-refractivity contribution >= 4 is 16.9 Å². The molecule has 23 heavy (non-hydrogen) atoms. The number of aromatic hydroxyl groups is 1. The molecule has 1 aromatic heterocycles. The van der Waals surface area contributed by atoms with Crippen molar-refractivity contribution in [2.75, 3.05) is 13.7 Å². The Labute approximate surface area is 133 Å². The Morgan fingerprint density at radius 1 is 1.26 bits per heavy atom. The van der Waals surface area contributed by atoms with Gasteiger partial charge in [-0.15, -0.1) is 0 Å². The molecule has 1 heterocycles. The molecule has 2 aromatic rings. The Hall–Kier alpha value is -2.50. The van der Waals surface area contributed by atoms with Crippen LogP contribution in [0.1, 0.15) is 43.0 Å². The van der Waals surface area contributed by atoms with Crippen molar-refractivity contribution < 1.29 is 23.8 Å². The molecule has 0 aliphatic rings. The molecule has 0 aliphatic heterocycles. The zero-order chi connectivity index (χ0) is 16.8. The van der Waals surface area contributed by atoms with Crippen LogP contribution < -0.4 is 10.4 Å². The van der Waals surface area contributed by atoms with Crippen molar-refractivity contribution in [3.05, 3.63) is 34.2 Å². The number of methoxy groups -OCH3 is 1. The predicted octanol–water partition coefficient (Wildman–Crippen LogP) is 3.24. The number of fused-ring (bicyclic) bond motifs is 1.